The number of rotatable bonds is 3. The van der Waals surface area contributed by atoms with Crippen LogP contribution in [-0.2, 0) is 0 Å². The Morgan fingerprint density at radius 1 is 1.21 bits per heavy atom. The largest absolute Gasteiger partial charge is 0.369 e. The number of amides is 1. The van der Waals surface area contributed by atoms with Gasteiger partial charge in [-0.3, -0.25) is 4.79 Å². The molecular weight excluding hydrogens is 238 g/mol. The summed E-state index contributed by atoms with van der Waals surface area (Å²) < 4.78 is 0. The van der Waals surface area contributed by atoms with Gasteiger partial charge < -0.3 is 10.0 Å². The van der Waals surface area contributed by atoms with E-state index in [0.717, 1.165) is 29.2 Å². The van der Waals surface area contributed by atoms with Crippen LogP contribution < -0.4 is 0 Å². The van der Waals surface area contributed by atoms with E-state index in [0.29, 0.717) is 12.1 Å². The van der Waals surface area contributed by atoms with Crippen molar-refractivity contribution < 1.29 is 9.90 Å². The minimum Gasteiger partial charge on any atom is -0.369 e. The Kier molecular flexibility index (Phi) is 2.99. The molecule has 0 spiro atoms. The second-order valence-corrected chi connectivity index (χ2v) is 5.01. The van der Waals surface area contributed by atoms with Crippen molar-refractivity contribution in [2.45, 2.75) is 26.0 Å². The minimum atomic E-state index is -0.793. The highest BCUT2D eigenvalue weighted by Crippen LogP contribution is 2.34. The monoisotopic (exact) mass is 255 g/mol. The van der Waals surface area contributed by atoms with Crippen molar-refractivity contribution in [1.29, 1.82) is 0 Å². The molecule has 1 aliphatic rings. The summed E-state index contributed by atoms with van der Waals surface area (Å²) in [5, 5.41) is 12.4. The SMILES string of the molecule is CCCCN1C(=O)c2cc3ccccc3cc2C1O. The summed E-state index contributed by atoms with van der Waals surface area (Å²) in [6, 6.07) is 11.7. The molecule has 1 N–H and O–H groups in total. The van der Waals surface area contributed by atoms with Gasteiger partial charge in [-0.25, -0.2) is 0 Å². The van der Waals surface area contributed by atoms with Gasteiger partial charge in [-0.15, -0.1) is 0 Å². The number of carbonyl (C=O) groups is 1. The topological polar surface area (TPSA) is 40.5 Å². The van der Waals surface area contributed by atoms with Gasteiger partial charge in [0.1, 0.15) is 0 Å². The smallest absolute Gasteiger partial charge is 0.256 e. The van der Waals surface area contributed by atoms with Gasteiger partial charge in [0.25, 0.3) is 5.91 Å². The first-order valence-electron chi connectivity index (χ1n) is 6.74. The van der Waals surface area contributed by atoms with Crippen molar-refractivity contribution in [2.24, 2.45) is 0 Å². The van der Waals surface area contributed by atoms with E-state index in [-0.39, 0.29) is 5.91 Å². The Morgan fingerprint density at radius 3 is 2.58 bits per heavy atom. The second kappa shape index (κ2) is 4.67. The summed E-state index contributed by atoms with van der Waals surface area (Å²) in [5.74, 6) is -0.0540. The zero-order valence-electron chi connectivity index (χ0n) is 11.0. The average molecular weight is 255 g/mol. The average Bonchev–Trinajstić information content (AvgIpc) is 2.67. The minimum absolute atomic E-state index is 0.0540. The Morgan fingerprint density at radius 2 is 1.89 bits per heavy atom. The Bertz CT molecular complexity index is 636. The van der Waals surface area contributed by atoms with Crippen LogP contribution in [0, 0.1) is 0 Å². The summed E-state index contributed by atoms with van der Waals surface area (Å²) in [6.07, 6.45) is 1.13. The number of benzene rings is 2. The molecule has 1 heterocycles. The highest BCUT2D eigenvalue weighted by Gasteiger charge is 2.35. The van der Waals surface area contributed by atoms with Gasteiger partial charge in [0.05, 0.1) is 0 Å². The maximum atomic E-state index is 12.3. The number of hydrogen-bond donors (Lipinski definition) is 1. The second-order valence-electron chi connectivity index (χ2n) is 5.01. The van der Waals surface area contributed by atoms with Crippen LogP contribution in [-0.4, -0.2) is 22.5 Å². The molecule has 1 aliphatic heterocycles. The van der Waals surface area contributed by atoms with Gasteiger partial charge >= 0.3 is 0 Å². The van der Waals surface area contributed by atoms with E-state index < -0.39 is 6.23 Å². The van der Waals surface area contributed by atoms with E-state index in [1.807, 2.05) is 36.4 Å². The molecule has 2 aromatic carbocycles. The number of fused-ring (bicyclic) bond motifs is 2. The first-order valence-corrected chi connectivity index (χ1v) is 6.74. The van der Waals surface area contributed by atoms with Crippen LogP contribution in [0.2, 0.25) is 0 Å². The van der Waals surface area contributed by atoms with Crippen molar-refractivity contribution in [1.82, 2.24) is 4.90 Å². The van der Waals surface area contributed by atoms with E-state index in [1.165, 1.54) is 0 Å². The third-order valence-electron chi connectivity index (χ3n) is 3.74. The lowest BCUT2D eigenvalue weighted by Gasteiger charge is -2.20. The number of carbonyl (C=O) groups excluding carboxylic acids is 1. The normalized spacial score (nSPS) is 18.1. The molecular formula is C16H17NO2. The molecule has 19 heavy (non-hydrogen) atoms. The van der Waals surface area contributed by atoms with Crippen LogP contribution in [0.3, 0.4) is 0 Å². The van der Waals surface area contributed by atoms with Gasteiger partial charge in [-0.05, 0) is 29.3 Å². The number of hydrogen-bond acceptors (Lipinski definition) is 2. The fraction of sp³-hybridized carbons (Fsp3) is 0.312. The predicted molar refractivity (Wildman–Crippen MR) is 74.9 cm³/mol. The maximum Gasteiger partial charge on any atom is 0.256 e. The molecule has 3 heteroatoms. The van der Waals surface area contributed by atoms with Crippen molar-refractivity contribution in [3.8, 4) is 0 Å². The summed E-state index contributed by atoms with van der Waals surface area (Å²) in [5.41, 5.74) is 1.38. The van der Waals surface area contributed by atoms with E-state index in [9.17, 15) is 9.90 Å². The van der Waals surface area contributed by atoms with Gasteiger partial charge in [-0.1, -0.05) is 37.6 Å². The van der Waals surface area contributed by atoms with Crippen LogP contribution in [0.1, 0.15) is 41.9 Å². The van der Waals surface area contributed by atoms with Crippen LogP contribution >= 0.6 is 0 Å². The molecule has 98 valence electrons. The van der Waals surface area contributed by atoms with Gasteiger partial charge in [0, 0.05) is 17.7 Å². The van der Waals surface area contributed by atoms with Crippen molar-refractivity contribution >= 4 is 16.7 Å². The first-order chi connectivity index (χ1) is 9.22. The van der Waals surface area contributed by atoms with Crippen LogP contribution in [0.4, 0.5) is 0 Å². The van der Waals surface area contributed by atoms with Crippen molar-refractivity contribution in [3.05, 3.63) is 47.5 Å². The maximum absolute atomic E-state index is 12.3. The Balaban J connectivity index is 2.06. The predicted octanol–water partition coefficient (Wildman–Crippen LogP) is 3.09. The highest BCUT2D eigenvalue weighted by molar-refractivity contribution is 6.03. The molecule has 0 saturated heterocycles. The molecule has 2 aromatic rings. The third-order valence-corrected chi connectivity index (χ3v) is 3.74. The lowest BCUT2D eigenvalue weighted by atomic mass is 10.0. The van der Waals surface area contributed by atoms with E-state index in [2.05, 4.69) is 6.92 Å². The molecule has 1 unspecified atom stereocenters. The van der Waals surface area contributed by atoms with E-state index in [1.54, 1.807) is 4.90 Å². The van der Waals surface area contributed by atoms with Crippen LogP contribution in [0.15, 0.2) is 36.4 Å². The van der Waals surface area contributed by atoms with Crippen molar-refractivity contribution in [2.75, 3.05) is 6.54 Å². The quantitative estimate of drug-likeness (QED) is 0.915. The number of nitrogens with zero attached hydrogens (tertiary/aromatic N) is 1. The van der Waals surface area contributed by atoms with E-state index >= 15 is 0 Å². The molecule has 0 radical (unpaired) electrons. The molecule has 1 amide bonds. The summed E-state index contributed by atoms with van der Waals surface area (Å²) >= 11 is 0. The molecule has 0 fully saturated rings. The summed E-state index contributed by atoms with van der Waals surface area (Å²) in [6.45, 7) is 2.69. The fourth-order valence-electron chi connectivity index (χ4n) is 2.64. The summed E-state index contributed by atoms with van der Waals surface area (Å²) in [4.78, 5) is 13.9. The standard InChI is InChI=1S/C16H17NO2/c1-2-3-8-17-15(18)13-9-11-6-4-5-7-12(11)10-14(13)16(17)19/h4-7,9-10,15,18H,2-3,8H2,1H3. The summed E-state index contributed by atoms with van der Waals surface area (Å²) in [7, 11) is 0. The first kappa shape index (κ1) is 12.2. The van der Waals surface area contributed by atoms with Crippen LogP contribution in [0.25, 0.3) is 10.8 Å². The number of aliphatic hydroxyl groups excluding tert-OH is 1. The third kappa shape index (κ3) is 1.90. The van der Waals surface area contributed by atoms with Gasteiger partial charge in [-0.2, -0.15) is 0 Å². The molecule has 3 rings (SSSR count). The number of aliphatic hydroxyl groups is 1. The van der Waals surface area contributed by atoms with Crippen LogP contribution in [0.5, 0.6) is 0 Å². The fourth-order valence-corrected chi connectivity index (χ4v) is 2.64. The van der Waals surface area contributed by atoms with E-state index in [4.69, 9.17) is 0 Å². The molecule has 0 aromatic heterocycles. The molecule has 1 atom stereocenters. The molecule has 3 nitrogen and oxygen atoms in total. The molecule has 0 saturated carbocycles. The lowest BCUT2D eigenvalue weighted by molar-refractivity contribution is 0.0172. The lowest BCUT2D eigenvalue weighted by Crippen LogP contribution is -2.28. The molecule has 0 bridgehead atoms. The van der Waals surface area contributed by atoms with Gasteiger partial charge in [0.15, 0.2) is 6.23 Å². The van der Waals surface area contributed by atoms with Gasteiger partial charge in [0.2, 0.25) is 0 Å². The highest BCUT2D eigenvalue weighted by atomic mass is 16.3. The number of unbranched alkanes of at least 4 members (excludes halogenated alkanes) is 1. The Hall–Kier alpha value is -1.87. The molecule has 0 aliphatic carbocycles. The zero-order valence-corrected chi connectivity index (χ0v) is 11.0. The zero-order chi connectivity index (χ0) is 13.4. The Labute approximate surface area is 112 Å². The van der Waals surface area contributed by atoms with Crippen molar-refractivity contribution in [3.63, 3.8) is 0 Å².